The third-order valence-electron chi connectivity index (χ3n) is 2.52. The molecule has 0 unspecified atom stereocenters. The first-order valence-electron chi connectivity index (χ1n) is 6.03. The minimum atomic E-state index is -1.07. The highest BCUT2D eigenvalue weighted by atomic mass is 35.5. The number of hydrogen-bond donors (Lipinski definition) is 1. The Morgan fingerprint density at radius 3 is 2.50 bits per heavy atom. The summed E-state index contributed by atoms with van der Waals surface area (Å²) in [7, 11) is 0. The van der Waals surface area contributed by atoms with Crippen LogP contribution < -0.4 is 9.47 Å². The van der Waals surface area contributed by atoms with Crippen molar-refractivity contribution >= 4 is 17.6 Å². The molecule has 0 aliphatic rings. The van der Waals surface area contributed by atoms with Gasteiger partial charge in [-0.1, -0.05) is 17.7 Å². The number of carboxylic acid groups (broad SMARTS) is 1. The van der Waals surface area contributed by atoms with Gasteiger partial charge in [-0.25, -0.2) is 4.79 Å². The summed E-state index contributed by atoms with van der Waals surface area (Å²) in [6.45, 7) is 2.47. The average molecular weight is 293 g/mol. The summed E-state index contributed by atoms with van der Waals surface area (Å²) < 4.78 is 11.0. The normalized spacial score (nSPS) is 10.1. The molecular weight excluding hydrogens is 280 g/mol. The van der Waals surface area contributed by atoms with Gasteiger partial charge in [-0.15, -0.1) is 0 Å². The molecule has 5 heteroatoms. The lowest BCUT2D eigenvalue weighted by Gasteiger charge is -2.09. The van der Waals surface area contributed by atoms with E-state index in [1.807, 2.05) is 19.1 Å². The van der Waals surface area contributed by atoms with Crippen LogP contribution in [0, 0.1) is 0 Å². The summed E-state index contributed by atoms with van der Waals surface area (Å²) in [6.07, 6.45) is 0. The van der Waals surface area contributed by atoms with Crippen molar-refractivity contribution in [3.8, 4) is 17.2 Å². The topological polar surface area (TPSA) is 55.8 Å². The van der Waals surface area contributed by atoms with E-state index in [1.54, 1.807) is 18.2 Å². The highest BCUT2D eigenvalue weighted by molar-refractivity contribution is 6.33. The molecule has 2 aromatic rings. The number of ether oxygens (including phenoxy) is 2. The first-order chi connectivity index (χ1) is 9.60. The van der Waals surface area contributed by atoms with Gasteiger partial charge in [0.25, 0.3) is 0 Å². The molecule has 0 saturated heterocycles. The molecule has 0 radical (unpaired) electrons. The highest BCUT2D eigenvalue weighted by Gasteiger charge is 2.09. The zero-order valence-electron chi connectivity index (χ0n) is 10.8. The van der Waals surface area contributed by atoms with Gasteiger partial charge in [-0.3, -0.25) is 0 Å². The van der Waals surface area contributed by atoms with Crippen LogP contribution in [-0.4, -0.2) is 17.7 Å². The van der Waals surface area contributed by atoms with E-state index in [-0.39, 0.29) is 10.6 Å². The van der Waals surface area contributed by atoms with Crippen molar-refractivity contribution in [2.75, 3.05) is 6.61 Å². The van der Waals surface area contributed by atoms with Gasteiger partial charge < -0.3 is 14.6 Å². The molecule has 0 atom stereocenters. The molecule has 0 aliphatic heterocycles. The van der Waals surface area contributed by atoms with Crippen LogP contribution in [-0.2, 0) is 0 Å². The first-order valence-corrected chi connectivity index (χ1v) is 6.41. The molecule has 0 bridgehead atoms. The molecular formula is C15H13ClO4. The Balaban J connectivity index is 2.19. The van der Waals surface area contributed by atoms with Gasteiger partial charge in [0.1, 0.15) is 17.2 Å². The zero-order chi connectivity index (χ0) is 14.5. The Bertz CT molecular complexity index is 625. The minimum Gasteiger partial charge on any atom is -0.494 e. The maximum absolute atomic E-state index is 10.9. The Labute approximate surface area is 121 Å². The smallest absolute Gasteiger partial charge is 0.337 e. The van der Waals surface area contributed by atoms with Gasteiger partial charge in [-0.2, -0.15) is 0 Å². The van der Waals surface area contributed by atoms with Crippen molar-refractivity contribution < 1.29 is 19.4 Å². The Hall–Kier alpha value is -2.20. The van der Waals surface area contributed by atoms with E-state index in [0.29, 0.717) is 23.9 Å². The zero-order valence-corrected chi connectivity index (χ0v) is 11.6. The van der Waals surface area contributed by atoms with Crippen LogP contribution in [0.4, 0.5) is 0 Å². The summed E-state index contributed by atoms with van der Waals surface area (Å²) in [4.78, 5) is 10.9. The number of carbonyl (C=O) groups is 1. The third-order valence-corrected chi connectivity index (χ3v) is 2.84. The SMILES string of the molecule is CCOc1cccc(Oc2ccc(C(=O)O)c(Cl)c2)c1. The van der Waals surface area contributed by atoms with Crippen molar-refractivity contribution in [1.29, 1.82) is 0 Å². The van der Waals surface area contributed by atoms with Crippen molar-refractivity contribution in [1.82, 2.24) is 0 Å². The summed E-state index contributed by atoms with van der Waals surface area (Å²) in [5, 5.41) is 9.04. The molecule has 0 aliphatic carbocycles. The molecule has 0 fully saturated rings. The fraction of sp³-hybridized carbons (Fsp3) is 0.133. The van der Waals surface area contributed by atoms with Gasteiger partial charge in [0, 0.05) is 12.1 Å². The highest BCUT2D eigenvalue weighted by Crippen LogP contribution is 2.28. The van der Waals surface area contributed by atoms with Crippen LogP contribution in [0.25, 0.3) is 0 Å². The fourth-order valence-corrected chi connectivity index (χ4v) is 1.91. The van der Waals surface area contributed by atoms with E-state index in [1.165, 1.54) is 12.1 Å². The summed E-state index contributed by atoms with van der Waals surface area (Å²) in [6, 6.07) is 11.6. The van der Waals surface area contributed by atoms with Crippen molar-refractivity contribution in [2.24, 2.45) is 0 Å². The lowest BCUT2D eigenvalue weighted by Crippen LogP contribution is -1.97. The van der Waals surface area contributed by atoms with E-state index >= 15 is 0 Å². The number of benzene rings is 2. The second kappa shape index (κ2) is 6.30. The van der Waals surface area contributed by atoms with E-state index < -0.39 is 5.97 Å². The molecule has 2 aromatic carbocycles. The monoisotopic (exact) mass is 292 g/mol. The van der Waals surface area contributed by atoms with Crippen LogP contribution in [0.3, 0.4) is 0 Å². The molecule has 104 valence electrons. The van der Waals surface area contributed by atoms with Crippen molar-refractivity contribution in [3.63, 3.8) is 0 Å². The minimum absolute atomic E-state index is 0.0436. The predicted molar refractivity (Wildman–Crippen MR) is 76.1 cm³/mol. The van der Waals surface area contributed by atoms with Gasteiger partial charge in [0.2, 0.25) is 0 Å². The standard InChI is InChI=1S/C15H13ClO4/c1-2-19-10-4-3-5-11(8-10)20-12-6-7-13(15(17)18)14(16)9-12/h3-9H,2H2,1H3,(H,17,18). The van der Waals surface area contributed by atoms with Gasteiger partial charge in [0.15, 0.2) is 0 Å². The Morgan fingerprint density at radius 1 is 1.15 bits per heavy atom. The van der Waals surface area contributed by atoms with E-state index in [0.717, 1.165) is 0 Å². The van der Waals surface area contributed by atoms with Crippen LogP contribution in [0.5, 0.6) is 17.2 Å². The number of aromatic carboxylic acids is 1. The predicted octanol–water partition coefficient (Wildman–Crippen LogP) is 4.23. The summed E-state index contributed by atoms with van der Waals surface area (Å²) in [5.74, 6) is 0.696. The number of carboxylic acids is 1. The summed E-state index contributed by atoms with van der Waals surface area (Å²) in [5.41, 5.74) is 0.0436. The molecule has 0 saturated carbocycles. The van der Waals surface area contributed by atoms with Crippen LogP contribution in [0.15, 0.2) is 42.5 Å². The molecule has 1 N–H and O–H groups in total. The molecule has 2 rings (SSSR count). The second-order valence-electron chi connectivity index (χ2n) is 3.96. The van der Waals surface area contributed by atoms with Crippen LogP contribution in [0.2, 0.25) is 5.02 Å². The maximum atomic E-state index is 10.9. The maximum Gasteiger partial charge on any atom is 0.337 e. The van der Waals surface area contributed by atoms with Gasteiger partial charge in [0.05, 0.1) is 17.2 Å². The molecule has 0 heterocycles. The van der Waals surface area contributed by atoms with Crippen LogP contribution >= 0.6 is 11.6 Å². The molecule has 20 heavy (non-hydrogen) atoms. The van der Waals surface area contributed by atoms with Crippen LogP contribution in [0.1, 0.15) is 17.3 Å². The lowest BCUT2D eigenvalue weighted by molar-refractivity contribution is 0.0697. The number of hydrogen-bond acceptors (Lipinski definition) is 3. The third kappa shape index (κ3) is 3.42. The van der Waals surface area contributed by atoms with Gasteiger partial charge in [-0.05, 0) is 31.2 Å². The molecule has 0 spiro atoms. The number of rotatable bonds is 5. The van der Waals surface area contributed by atoms with Crippen molar-refractivity contribution in [2.45, 2.75) is 6.92 Å². The molecule has 4 nitrogen and oxygen atoms in total. The van der Waals surface area contributed by atoms with E-state index in [2.05, 4.69) is 0 Å². The fourth-order valence-electron chi connectivity index (χ4n) is 1.66. The van der Waals surface area contributed by atoms with Crippen molar-refractivity contribution in [3.05, 3.63) is 53.1 Å². The largest absolute Gasteiger partial charge is 0.494 e. The second-order valence-corrected chi connectivity index (χ2v) is 4.36. The molecule has 0 amide bonds. The quantitative estimate of drug-likeness (QED) is 0.896. The first kappa shape index (κ1) is 14.2. The van der Waals surface area contributed by atoms with E-state index in [4.69, 9.17) is 26.2 Å². The van der Waals surface area contributed by atoms with E-state index in [9.17, 15) is 4.79 Å². The molecule has 0 aromatic heterocycles. The Morgan fingerprint density at radius 2 is 1.85 bits per heavy atom. The number of halogens is 1. The lowest BCUT2D eigenvalue weighted by atomic mass is 10.2. The Kier molecular flexibility index (Phi) is 4.48. The summed E-state index contributed by atoms with van der Waals surface area (Å²) >= 11 is 5.89. The average Bonchev–Trinajstić information content (AvgIpc) is 2.39. The van der Waals surface area contributed by atoms with Gasteiger partial charge >= 0.3 is 5.97 Å².